The van der Waals surface area contributed by atoms with Crippen LogP contribution in [0.1, 0.15) is 10.4 Å². The van der Waals surface area contributed by atoms with Gasteiger partial charge in [-0.3, -0.25) is 0 Å². The molecule has 1 N–H and O–H groups in total. The lowest BCUT2D eigenvalue weighted by atomic mass is 10.0. The standard InChI is InChI=1S/C13H12O4/c1-16-11-5-3-4-9-10(11)6-8(13(14)15)7-12(9)17-2/h3-7H,1-2H3,(H,14,15). The first-order valence-electron chi connectivity index (χ1n) is 5.05. The highest BCUT2D eigenvalue weighted by Gasteiger charge is 2.12. The number of rotatable bonds is 3. The third-order valence-corrected chi connectivity index (χ3v) is 2.60. The Labute approximate surface area is 98.4 Å². The van der Waals surface area contributed by atoms with Crippen LogP contribution in [0.3, 0.4) is 0 Å². The lowest BCUT2D eigenvalue weighted by Crippen LogP contribution is -1.98. The van der Waals surface area contributed by atoms with Crippen molar-refractivity contribution in [3.05, 3.63) is 35.9 Å². The number of fused-ring (bicyclic) bond motifs is 1. The Morgan fingerprint density at radius 2 is 1.76 bits per heavy atom. The van der Waals surface area contributed by atoms with Gasteiger partial charge in [-0.05, 0) is 18.2 Å². The van der Waals surface area contributed by atoms with E-state index in [9.17, 15) is 4.79 Å². The average molecular weight is 232 g/mol. The Bertz CT molecular complexity index is 575. The lowest BCUT2D eigenvalue weighted by molar-refractivity contribution is 0.0696. The van der Waals surface area contributed by atoms with E-state index < -0.39 is 5.97 Å². The molecule has 0 aliphatic rings. The number of carboxylic acids is 1. The van der Waals surface area contributed by atoms with Crippen molar-refractivity contribution in [3.63, 3.8) is 0 Å². The second kappa shape index (κ2) is 4.33. The second-order valence-electron chi connectivity index (χ2n) is 3.54. The van der Waals surface area contributed by atoms with Gasteiger partial charge in [0.15, 0.2) is 0 Å². The molecule has 0 amide bonds. The van der Waals surface area contributed by atoms with Gasteiger partial charge < -0.3 is 14.6 Å². The molecule has 0 spiro atoms. The molecule has 17 heavy (non-hydrogen) atoms. The van der Waals surface area contributed by atoms with E-state index in [4.69, 9.17) is 14.6 Å². The number of ether oxygens (including phenoxy) is 2. The van der Waals surface area contributed by atoms with Crippen molar-refractivity contribution in [2.45, 2.75) is 0 Å². The van der Waals surface area contributed by atoms with Gasteiger partial charge in [0.1, 0.15) is 11.5 Å². The molecule has 0 atom stereocenters. The monoisotopic (exact) mass is 232 g/mol. The summed E-state index contributed by atoms with van der Waals surface area (Å²) in [5.41, 5.74) is 0.179. The molecule has 0 fully saturated rings. The molecular formula is C13H12O4. The number of aromatic carboxylic acids is 1. The van der Waals surface area contributed by atoms with Gasteiger partial charge in [-0.1, -0.05) is 12.1 Å². The molecule has 0 unspecified atom stereocenters. The first-order valence-corrected chi connectivity index (χ1v) is 5.05. The SMILES string of the molecule is COc1cc(C(=O)O)cc2c(OC)cccc12. The average Bonchev–Trinajstić information content (AvgIpc) is 2.36. The molecule has 0 aliphatic carbocycles. The zero-order chi connectivity index (χ0) is 12.4. The molecule has 2 aromatic carbocycles. The van der Waals surface area contributed by atoms with Crippen LogP contribution in [0, 0.1) is 0 Å². The molecule has 0 bridgehead atoms. The maximum Gasteiger partial charge on any atom is 0.335 e. The Morgan fingerprint density at radius 1 is 1.06 bits per heavy atom. The van der Waals surface area contributed by atoms with Crippen LogP contribution in [0.5, 0.6) is 11.5 Å². The Hall–Kier alpha value is -2.23. The van der Waals surface area contributed by atoms with Gasteiger partial charge in [0, 0.05) is 10.8 Å². The van der Waals surface area contributed by atoms with Crippen LogP contribution in [0.15, 0.2) is 30.3 Å². The minimum Gasteiger partial charge on any atom is -0.496 e. The van der Waals surface area contributed by atoms with E-state index in [0.29, 0.717) is 11.5 Å². The third-order valence-electron chi connectivity index (χ3n) is 2.60. The van der Waals surface area contributed by atoms with Crippen molar-refractivity contribution >= 4 is 16.7 Å². The van der Waals surface area contributed by atoms with E-state index >= 15 is 0 Å². The van der Waals surface area contributed by atoms with Crippen LogP contribution < -0.4 is 9.47 Å². The quantitative estimate of drug-likeness (QED) is 0.883. The highest BCUT2D eigenvalue weighted by atomic mass is 16.5. The highest BCUT2D eigenvalue weighted by molar-refractivity contribution is 6.00. The number of carbonyl (C=O) groups is 1. The fourth-order valence-corrected chi connectivity index (χ4v) is 1.79. The van der Waals surface area contributed by atoms with Crippen molar-refractivity contribution < 1.29 is 19.4 Å². The normalized spacial score (nSPS) is 10.2. The Morgan fingerprint density at radius 3 is 2.35 bits per heavy atom. The summed E-state index contributed by atoms with van der Waals surface area (Å²) in [7, 11) is 3.06. The largest absolute Gasteiger partial charge is 0.496 e. The Balaban J connectivity index is 2.82. The number of carboxylic acid groups (broad SMARTS) is 1. The number of benzene rings is 2. The smallest absolute Gasteiger partial charge is 0.335 e. The molecule has 4 nitrogen and oxygen atoms in total. The van der Waals surface area contributed by atoms with E-state index in [1.807, 2.05) is 12.1 Å². The summed E-state index contributed by atoms with van der Waals surface area (Å²) in [6.07, 6.45) is 0. The predicted molar refractivity (Wildman–Crippen MR) is 64.0 cm³/mol. The molecule has 2 rings (SSSR count). The van der Waals surface area contributed by atoms with Crippen LogP contribution in [-0.4, -0.2) is 25.3 Å². The Kier molecular flexibility index (Phi) is 2.87. The fourth-order valence-electron chi connectivity index (χ4n) is 1.79. The summed E-state index contributed by atoms with van der Waals surface area (Å²) >= 11 is 0. The van der Waals surface area contributed by atoms with Gasteiger partial charge in [-0.2, -0.15) is 0 Å². The summed E-state index contributed by atoms with van der Waals surface area (Å²) in [5, 5.41) is 10.6. The topological polar surface area (TPSA) is 55.8 Å². The minimum atomic E-state index is -0.990. The van der Waals surface area contributed by atoms with Crippen molar-refractivity contribution in [2.75, 3.05) is 14.2 Å². The third kappa shape index (κ3) is 1.89. The van der Waals surface area contributed by atoms with Gasteiger partial charge >= 0.3 is 5.97 Å². The summed E-state index contributed by atoms with van der Waals surface area (Å²) in [4.78, 5) is 11.0. The van der Waals surface area contributed by atoms with Crippen LogP contribution in [-0.2, 0) is 0 Å². The summed E-state index contributed by atoms with van der Waals surface area (Å²) in [6.45, 7) is 0. The summed E-state index contributed by atoms with van der Waals surface area (Å²) < 4.78 is 10.4. The molecule has 0 aromatic heterocycles. The summed E-state index contributed by atoms with van der Waals surface area (Å²) in [6, 6.07) is 8.57. The van der Waals surface area contributed by atoms with Gasteiger partial charge in [-0.25, -0.2) is 4.79 Å². The van der Waals surface area contributed by atoms with Crippen molar-refractivity contribution in [2.24, 2.45) is 0 Å². The number of hydrogen-bond acceptors (Lipinski definition) is 3. The lowest BCUT2D eigenvalue weighted by Gasteiger charge is -2.10. The van der Waals surface area contributed by atoms with E-state index in [0.717, 1.165) is 10.8 Å². The predicted octanol–water partition coefficient (Wildman–Crippen LogP) is 2.56. The van der Waals surface area contributed by atoms with Gasteiger partial charge in [-0.15, -0.1) is 0 Å². The second-order valence-corrected chi connectivity index (χ2v) is 3.54. The fraction of sp³-hybridized carbons (Fsp3) is 0.154. The van der Waals surface area contributed by atoms with Crippen molar-refractivity contribution in [1.29, 1.82) is 0 Å². The summed E-state index contributed by atoms with van der Waals surface area (Å²) in [5.74, 6) is 0.166. The van der Waals surface area contributed by atoms with E-state index in [1.165, 1.54) is 13.2 Å². The highest BCUT2D eigenvalue weighted by Crippen LogP contribution is 2.33. The first kappa shape index (κ1) is 11.3. The maximum absolute atomic E-state index is 11.0. The molecule has 4 heteroatoms. The molecule has 88 valence electrons. The van der Waals surface area contributed by atoms with Crippen LogP contribution in [0.4, 0.5) is 0 Å². The first-order chi connectivity index (χ1) is 8.17. The number of methoxy groups -OCH3 is 2. The van der Waals surface area contributed by atoms with Crippen molar-refractivity contribution in [1.82, 2.24) is 0 Å². The van der Waals surface area contributed by atoms with Gasteiger partial charge in [0.2, 0.25) is 0 Å². The van der Waals surface area contributed by atoms with Crippen LogP contribution in [0.2, 0.25) is 0 Å². The zero-order valence-corrected chi connectivity index (χ0v) is 9.56. The maximum atomic E-state index is 11.0. The van der Waals surface area contributed by atoms with E-state index in [1.54, 1.807) is 19.2 Å². The van der Waals surface area contributed by atoms with Gasteiger partial charge in [0.05, 0.1) is 19.8 Å². The van der Waals surface area contributed by atoms with Crippen LogP contribution >= 0.6 is 0 Å². The molecular weight excluding hydrogens is 220 g/mol. The van der Waals surface area contributed by atoms with E-state index in [2.05, 4.69) is 0 Å². The van der Waals surface area contributed by atoms with Crippen molar-refractivity contribution in [3.8, 4) is 11.5 Å². The van der Waals surface area contributed by atoms with E-state index in [-0.39, 0.29) is 5.56 Å². The molecule has 0 saturated heterocycles. The van der Waals surface area contributed by atoms with Crippen LogP contribution in [0.25, 0.3) is 10.8 Å². The molecule has 0 radical (unpaired) electrons. The van der Waals surface area contributed by atoms with Gasteiger partial charge in [0.25, 0.3) is 0 Å². The molecule has 0 saturated carbocycles. The minimum absolute atomic E-state index is 0.179. The zero-order valence-electron chi connectivity index (χ0n) is 9.56. The molecule has 2 aromatic rings. The molecule has 0 heterocycles. The number of hydrogen-bond donors (Lipinski definition) is 1. The molecule has 0 aliphatic heterocycles.